The normalized spacial score (nSPS) is 10.8. The zero-order valence-corrected chi connectivity index (χ0v) is 19.1. The molecule has 6 nitrogen and oxygen atoms in total. The highest BCUT2D eigenvalue weighted by molar-refractivity contribution is 7.98. The van der Waals surface area contributed by atoms with Gasteiger partial charge in [0.25, 0.3) is 5.91 Å². The summed E-state index contributed by atoms with van der Waals surface area (Å²) in [6.07, 6.45) is 0. The number of amides is 1. The Hall–Kier alpha value is -3.65. The number of nitrogens with one attached hydrogen (secondary N) is 1. The highest BCUT2D eigenvalue weighted by atomic mass is 32.2. The Morgan fingerprint density at radius 1 is 0.970 bits per heavy atom. The van der Waals surface area contributed by atoms with Gasteiger partial charge >= 0.3 is 0 Å². The van der Waals surface area contributed by atoms with Gasteiger partial charge in [0.15, 0.2) is 5.16 Å². The van der Waals surface area contributed by atoms with Crippen LogP contribution in [-0.4, -0.2) is 27.8 Å². The van der Waals surface area contributed by atoms with Crippen molar-refractivity contribution in [3.63, 3.8) is 0 Å². The lowest BCUT2D eigenvalue weighted by Crippen LogP contribution is -2.22. The van der Waals surface area contributed by atoms with Crippen molar-refractivity contribution >= 4 is 17.7 Å². The summed E-state index contributed by atoms with van der Waals surface area (Å²) < 4.78 is 20.2. The van der Waals surface area contributed by atoms with E-state index in [1.165, 1.54) is 12.1 Å². The van der Waals surface area contributed by atoms with Crippen molar-refractivity contribution in [3.8, 4) is 11.4 Å². The van der Waals surface area contributed by atoms with Crippen LogP contribution >= 0.6 is 11.8 Å². The van der Waals surface area contributed by atoms with E-state index >= 15 is 0 Å². The summed E-state index contributed by atoms with van der Waals surface area (Å²) in [5.41, 5.74) is 3.45. The summed E-state index contributed by atoms with van der Waals surface area (Å²) in [5, 5.41) is 12.2. The topological polar surface area (TPSA) is 69.0 Å². The first-order valence-electron chi connectivity index (χ1n) is 10.3. The first kappa shape index (κ1) is 22.5. The second kappa shape index (κ2) is 10.3. The van der Waals surface area contributed by atoms with Crippen LogP contribution in [0.5, 0.6) is 5.75 Å². The first-order valence-corrected chi connectivity index (χ1v) is 11.3. The van der Waals surface area contributed by atoms with Crippen LogP contribution in [0.2, 0.25) is 0 Å². The largest absolute Gasteiger partial charge is 0.497 e. The minimum Gasteiger partial charge on any atom is -0.497 e. The van der Waals surface area contributed by atoms with E-state index in [4.69, 9.17) is 4.74 Å². The number of hydrogen-bond donors (Lipinski definition) is 1. The van der Waals surface area contributed by atoms with Crippen LogP contribution in [0.1, 0.15) is 27.3 Å². The van der Waals surface area contributed by atoms with E-state index in [1.54, 1.807) is 43.1 Å². The van der Waals surface area contributed by atoms with Gasteiger partial charge in [0.2, 0.25) is 0 Å². The maximum absolute atomic E-state index is 13.0. The fourth-order valence-corrected chi connectivity index (χ4v) is 4.21. The molecule has 0 fully saturated rings. The molecule has 4 aromatic rings. The van der Waals surface area contributed by atoms with E-state index in [-0.39, 0.29) is 11.7 Å². The number of carbonyl (C=O) groups is 1. The van der Waals surface area contributed by atoms with Gasteiger partial charge in [-0.2, -0.15) is 0 Å². The fraction of sp³-hybridized carbons (Fsp3) is 0.160. The summed E-state index contributed by atoms with van der Waals surface area (Å²) in [7, 11) is 1.64. The van der Waals surface area contributed by atoms with Gasteiger partial charge in [-0.3, -0.25) is 9.36 Å². The predicted molar refractivity (Wildman–Crippen MR) is 126 cm³/mol. The van der Waals surface area contributed by atoms with E-state index < -0.39 is 0 Å². The molecule has 0 saturated carbocycles. The zero-order valence-electron chi connectivity index (χ0n) is 18.3. The van der Waals surface area contributed by atoms with E-state index in [9.17, 15) is 9.18 Å². The number of ether oxygens (including phenoxy) is 1. The number of methoxy groups -OCH3 is 1. The standard InChI is InChI=1S/C25H23FN4O2S/c1-17-28-29-25(30(17)22-11-13-23(32-2)14-12-22)33-16-19-3-7-20(8-4-19)24(31)27-15-18-5-9-21(26)10-6-18/h3-14H,15-16H2,1-2H3,(H,27,31). The summed E-state index contributed by atoms with van der Waals surface area (Å²) in [4.78, 5) is 12.4. The molecule has 4 rings (SSSR count). The van der Waals surface area contributed by atoms with Gasteiger partial charge in [-0.25, -0.2) is 4.39 Å². The van der Waals surface area contributed by atoms with Crippen molar-refractivity contribution in [2.24, 2.45) is 0 Å². The Labute approximate surface area is 195 Å². The summed E-state index contributed by atoms with van der Waals surface area (Å²) in [6, 6.07) is 21.3. The van der Waals surface area contributed by atoms with Gasteiger partial charge in [0.1, 0.15) is 17.4 Å². The molecule has 8 heteroatoms. The van der Waals surface area contributed by atoms with Crippen LogP contribution in [0.3, 0.4) is 0 Å². The van der Waals surface area contributed by atoms with E-state index in [0.29, 0.717) is 17.9 Å². The van der Waals surface area contributed by atoms with Crippen molar-refractivity contribution in [1.82, 2.24) is 20.1 Å². The van der Waals surface area contributed by atoms with Gasteiger partial charge in [-0.05, 0) is 66.6 Å². The van der Waals surface area contributed by atoms with Crippen LogP contribution in [0.25, 0.3) is 5.69 Å². The fourth-order valence-electron chi connectivity index (χ4n) is 3.25. The molecule has 0 aliphatic carbocycles. The highest BCUT2D eigenvalue weighted by Gasteiger charge is 2.12. The molecule has 0 aliphatic heterocycles. The van der Waals surface area contributed by atoms with Crippen LogP contribution in [0.15, 0.2) is 78.0 Å². The predicted octanol–water partition coefficient (Wildman–Crippen LogP) is 4.95. The van der Waals surface area contributed by atoms with Crippen LogP contribution in [0.4, 0.5) is 4.39 Å². The molecule has 1 amide bonds. The highest BCUT2D eigenvalue weighted by Crippen LogP contribution is 2.26. The Balaban J connectivity index is 1.37. The molecule has 33 heavy (non-hydrogen) atoms. The smallest absolute Gasteiger partial charge is 0.251 e. The Morgan fingerprint density at radius 3 is 2.30 bits per heavy atom. The molecule has 1 heterocycles. The SMILES string of the molecule is COc1ccc(-n2c(C)nnc2SCc2ccc(C(=O)NCc3ccc(F)cc3)cc2)cc1. The maximum Gasteiger partial charge on any atom is 0.251 e. The van der Waals surface area contributed by atoms with Crippen LogP contribution in [-0.2, 0) is 12.3 Å². The van der Waals surface area contributed by atoms with Gasteiger partial charge in [0, 0.05) is 23.5 Å². The average Bonchev–Trinajstić information content (AvgIpc) is 3.22. The molecular formula is C25H23FN4O2S. The molecule has 0 unspecified atom stereocenters. The number of aromatic nitrogens is 3. The van der Waals surface area contributed by atoms with Crippen molar-refractivity contribution in [3.05, 3.63) is 101 Å². The van der Waals surface area contributed by atoms with Crippen molar-refractivity contribution in [2.45, 2.75) is 24.4 Å². The molecule has 3 aromatic carbocycles. The third kappa shape index (κ3) is 5.59. The molecule has 0 atom stereocenters. The lowest BCUT2D eigenvalue weighted by Gasteiger charge is -2.10. The minimum atomic E-state index is -0.295. The zero-order chi connectivity index (χ0) is 23.2. The molecule has 1 aromatic heterocycles. The third-order valence-electron chi connectivity index (χ3n) is 5.08. The summed E-state index contributed by atoms with van der Waals surface area (Å²) in [5.74, 6) is 1.81. The number of thioether (sulfide) groups is 1. The van der Waals surface area contributed by atoms with Crippen molar-refractivity contribution in [2.75, 3.05) is 7.11 Å². The number of hydrogen-bond acceptors (Lipinski definition) is 5. The summed E-state index contributed by atoms with van der Waals surface area (Å²) in [6.45, 7) is 2.26. The minimum absolute atomic E-state index is 0.173. The van der Waals surface area contributed by atoms with E-state index in [0.717, 1.165) is 33.5 Å². The average molecular weight is 463 g/mol. The molecule has 1 N–H and O–H groups in total. The number of nitrogens with zero attached hydrogens (tertiary/aromatic N) is 3. The molecule has 0 saturated heterocycles. The lowest BCUT2D eigenvalue weighted by molar-refractivity contribution is 0.0951. The third-order valence-corrected chi connectivity index (χ3v) is 6.08. The number of carbonyl (C=O) groups excluding carboxylic acids is 1. The maximum atomic E-state index is 13.0. The molecule has 0 radical (unpaired) electrons. The number of aryl methyl sites for hydroxylation is 1. The van der Waals surface area contributed by atoms with E-state index in [1.807, 2.05) is 47.9 Å². The quantitative estimate of drug-likeness (QED) is 0.376. The van der Waals surface area contributed by atoms with Crippen molar-refractivity contribution < 1.29 is 13.9 Å². The molecule has 0 spiro atoms. The molecule has 168 valence electrons. The Morgan fingerprint density at radius 2 is 1.64 bits per heavy atom. The Kier molecular flexibility index (Phi) is 7.04. The lowest BCUT2D eigenvalue weighted by atomic mass is 10.1. The van der Waals surface area contributed by atoms with Crippen molar-refractivity contribution in [1.29, 1.82) is 0 Å². The van der Waals surface area contributed by atoms with Crippen LogP contribution in [0, 0.1) is 12.7 Å². The number of benzene rings is 3. The van der Waals surface area contributed by atoms with Gasteiger partial charge in [0.05, 0.1) is 7.11 Å². The summed E-state index contributed by atoms with van der Waals surface area (Å²) >= 11 is 1.58. The first-order chi connectivity index (χ1) is 16.0. The van der Waals surface area contributed by atoms with Crippen LogP contribution < -0.4 is 10.1 Å². The second-order valence-corrected chi connectivity index (χ2v) is 8.30. The molecule has 0 aliphatic rings. The van der Waals surface area contributed by atoms with E-state index in [2.05, 4.69) is 15.5 Å². The monoisotopic (exact) mass is 462 g/mol. The molecule has 0 bridgehead atoms. The van der Waals surface area contributed by atoms with Gasteiger partial charge < -0.3 is 10.1 Å². The Bertz CT molecular complexity index is 1220. The van der Waals surface area contributed by atoms with Gasteiger partial charge in [-0.1, -0.05) is 36.0 Å². The second-order valence-electron chi connectivity index (χ2n) is 7.36. The number of halogens is 1. The van der Waals surface area contributed by atoms with Gasteiger partial charge in [-0.15, -0.1) is 10.2 Å². The molecular weight excluding hydrogens is 439 g/mol. The number of rotatable bonds is 8.